The van der Waals surface area contributed by atoms with Gasteiger partial charge in [0.1, 0.15) is 37.1 Å². The molecule has 0 aliphatic carbocycles. The topological polar surface area (TPSA) is 275 Å². The number of carbonyl (C=O) groups excluding carboxylic acids is 2. The van der Waals surface area contributed by atoms with Gasteiger partial charge in [0.05, 0.1) is 85.8 Å². The van der Waals surface area contributed by atoms with Gasteiger partial charge in [0.25, 0.3) is 0 Å². The van der Waals surface area contributed by atoms with E-state index >= 15 is 0 Å². The normalized spacial score (nSPS) is 11.6. The number of aryl methyl sites for hydroxylation is 2. The van der Waals surface area contributed by atoms with Crippen LogP contribution in [0, 0.1) is 0 Å². The summed E-state index contributed by atoms with van der Waals surface area (Å²) in [7, 11) is 7.39. The molecule has 8 N–H and O–H groups in total. The summed E-state index contributed by atoms with van der Waals surface area (Å²) in [6.07, 6.45) is 41.6. The summed E-state index contributed by atoms with van der Waals surface area (Å²) in [5, 5.41) is 5.96. The fourth-order valence-corrected chi connectivity index (χ4v) is 16.6. The number of H-pyrrole nitrogens is 6. The lowest BCUT2D eigenvalue weighted by Gasteiger charge is -2.09. The second kappa shape index (κ2) is 39.2. The number of hydrogen-bond acceptors (Lipinski definition) is 12. The maximum absolute atomic E-state index is 12.3. The van der Waals surface area contributed by atoms with Crippen LogP contribution >= 0.6 is 0 Å². The van der Waals surface area contributed by atoms with Gasteiger partial charge < -0.3 is 84.3 Å². The van der Waals surface area contributed by atoms with Crippen LogP contribution in [0.25, 0.3) is 182 Å². The number of amides is 2. The lowest BCUT2D eigenvalue weighted by atomic mass is 10.0. The van der Waals surface area contributed by atoms with E-state index in [4.69, 9.17) is 38.9 Å². The molecule has 644 valence electrons. The molecule has 130 heavy (non-hydrogen) atoms. The monoisotopic (exact) mass is 1750 g/mol. The van der Waals surface area contributed by atoms with Crippen molar-refractivity contribution in [2.24, 2.45) is 14.1 Å². The van der Waals surface area contributed by atoms with E-state index in [2.05, 4.69) is 245 Å². The molecule has 4 aromatic carbocycles. The SMILES string of the molecule is COc1ccc(-c2c3nc(c(-c4cc[n+](C)cc4)c4ccc([nH]4)c(-c4ccc(OCCCNC(=O)Cc5cc[nH]c5)cc4)c4nc(c(-c5cc[n+](C)cc5)c5ccc2[nH]5)C=C4)C=C3)cc1.COc1ccc(-c2c3nc(c(-c4ccncc4)c4ccc([nH]4)c(-c4ccc(OCCCNC(=O)Cc5cc[nH]c5)cc4)c4nc(c(-c5ccncc5)c5ccc2[nH]5)C=C4)C=C3)cc1.[Cl-].[Cl-]. The molecule has 0 spiro atoms. The number of hydrogen-bond donors (Lipinski definition) is 8. The first-order chi connectivity index (χ1) is 62.9. The quantitative estimate of drug-likeness (QED) is 0.0207. The Bertz CT molecular complexity index is 7210. The fraction of sp³-hybridized carbons (Fsp3) is 0.113. The van der Waals surface area contributed by atoms with Crippen LogP contribution in [0.4, 0.5) is 0 Å². The van der Waals surface area contributed by atoms with Crippen molar-refractivity contribution >= 4 is 105 Å². The summed E-state index contributed by atoms with van der Waals surface area (Å²) in [5.74, 6) is 3.03. The standard InChI is InChI=1S/C54H46N8O3.C52H42N8O3.2ClH/c1-61-28-22-38(23-29-61)53-46-17-13-42(57-46)51(36-5-9-40(64-3)10-6-36)43-14-18-47(58-43)54(39-24-30-62(2)31-25-39)49-20-16-45(60-49)52(44-15-19-48(53)59-44)37-7-11-41(12-8-37)65-32-4-26-56-50(63)33-35-21-27-55-34-35;1-62-38-7-3-34(4-8-38)49-40-11-15-44(57-40)51(36-20-26-53-27-21-36)46-17-13-42(59-46)50(35-5-9-39(10-6-35)63-30-2-24-56-48(61)31-33-19-25-55-32-33)43-14-18-47(60-43)52(37-22-28-54-29-23-37)45-16-12-41(49)58-45;;/h5-25,27-31,34,55H,4,26,32-33H2,1-3H3,(H-,56,57,58,59,60,63);3-23,25-29,32,55,57,60H,2,24,30-31H2,1H3,(H,56,61);2*1H. The number of aromatic nitrogens is 14. The third-order valence-corrected chi connectivity index (χ3v) is 22.9. The van der Waals surface area contributed by atoms with Crippen LogP contribution in [0.3, 0.4) is 0 Å². The fourth-order valence-electron chi connectivity index (χ4n) is 16.6. The molecule has 0 unspecified atom stereocenters. The minimum Gasteiger partial charge on any atom is -1.00 e. The number of fused-ring (bicyclic) bond motifs is 16. The van der Waals surface area contributed by atoms with E-state index in [-0.39, 0.29) is 36.6 Å². The van der Waals surface area contributed by atoms with Crippen molar-refractivity contribution in [3.63, 3.8) is 0 Å². The average molecular weight is 1750 g/mol. The minimum atomic E-state index is -0.0104. The molecule has 0 fully saturated rings. The highest BCUT2D eigenvalue weighted by Crippen LogP contribution is 2.43. The van der Waals surface area contributed by atoms with Gasteiger partial charge in [-0.05, 0) is 251 Å². The van der Waals surface area contributed by atoms with Crippen LogP contribution in [0.15, 0.2) is 281 Å². The Morgan fingerprint density at radius 3 is 0.785 bits per heavy atom. The molecular formula is C106H90Cl2N16O6. The number of pyridine rings is 4. The highest BCUT2D eigenvalue weighted by atomic mass is 35.5. The molecular weight excluding hydrogens is 1660 g/mol. The van der Waals surface area contributed by atoms with E-state index < -0.39 is 0 Å². The van der Waals surface area contributed by atoms with Crippen LogP contribution < -0.4 is 63.5 Å². The molecule has 4 aliphatic rings. The molecule has 16 aromatic rings. The first kappa shape index (κ1) is 86.1. The van der Waals surface area contributed by atoms with Crippen LogP contribution in [0.5, 0.6) is 23.0 Å². The smallest absolute Gasteiger partial charge is 0.224 e. The van der Waals surface area contributed by atoms with Gasteiger partial charge in [-0.25, -0.2) is 29.1 Å². The molecule has 16 heterocycles. The van der Waals surface area contributed by atoms with Gasteiger partial charge in [0.15, 0.2) is 24.8 Å². The summed E-state index contributed by atoms with van der Waals surface area (Å²) < 4.78 is 27.4. The first-order valence-electron chi connectivity index (χ1n) is 42.5. The highest BCUT2D eigenvalue weighted by molar-refractivity contribution is 6.03. The van der Waals surface area contributed by atoms with Gasteiger partial charge in [-0.15, -0.1) is 0 Å². The van der Waals surface area contributed by atoms with E-state index in [1.165, 1.54) is 0 Å². The number of methoxy groups -OCH3 is 2. The number of ether oxygens (including phenoxy) is 4. The van der Waals surface area contributed by atoms with E-state index in [1.807, 2.05) is 133 Å². The highest BCUT2D eigenvalue weighted by Gasteiger charge is 2.24. The second-order valence-electron chi connectivity index (χ2n) is 31.4. The predicted octanol–water partition coefficient (Wildman–Crippen LogP) is 14.0. The Kier molecular flexibility index (Phi) is 26.0. The zero-order valence-electron chi connectivity index (χ0n) is 71.6. The van der Waals surface area contributed by atoms with Crippen LogP contribution in [0.1, 0.15) is 69.5 Å². The van der Waals surface area contributed by atoms with Gasteiger partial charge in [-0.2, -0.15) is 0 Å². The number of nitrogens with zero attached hydrogens (tertiary/aromatic N) is 8. The maximum atomic E-state index is 12.3. The van der Waals surface area contributed by atoms with Gasteiger partial charge in [-0.1, -0.05) is 48.5 Å². The lowest BCUT2D eigenvalue weighted by molar-refractivity contribution is -0.671. The number of rotatable bonds is 24. The second-order valence-corrected chi connectivity index (χ2v) is 31.4. The molecule has 16 bridgehead atoms. The maximum Gasteiger partial charge on any atom is 0.224 e. The molecule has 0 atom stereocenters. The predicted molar refractivity (Wildman–Crippen MR) is 507 cm³/mol. The molecule has 0 radical (unpaired) electrons. The van der Waals surface area contributed by atoms with Gasteiger partial charge in [0, 0.05) is 176 Å². The molecule has 24 heteroatoms. The summed E-state index contributed by atoms with van der Waals surface area (Å²) >= 11 is 0. The van der Waals surface area contributed by atoms with Crippen molar-refractivity contribution in [3.05, 3.63) is 337 Å². The van der Waals surface area contributed by atoms with Crippen molar-refractivity contribution in [1.82, 2.24) is 70.4 Å². The minimum absolute atomic E-state index is 0. The van der Waals surface area contributed by atoms with Crippen LogP contribution in [-0.4, -0.2) is 112 Å². The van der Waals surface area contributed by atoms with Crippen molar-refractivity contribution in [3.8, 4) is 112 Å². The number of benzene rings is 4. The molecule has 20 rings (SSSR count). The van der Waals surface area contributed by atoms with E-state index in [1.54, 1.807) is 39.0 Å². The Morgan fingerprint density at radius 1 is 0.308 bits per heavy atom. The van der Waals surface area contributed by atoms with Crippen molar-refractivity contribution in [1.29, 1.82) is 0 Å². The third-order valence-electron chi connectivity index (χ3n) is 22.9. The Labute approximate surface area is 762 Å². The Morgan fingerprint density at radius 2 is 0.546 bits per heavy atom. The van der Waals surface area contributed by atoms with Gasteiger partial charge >= 0.3 is 0 Å². The molecule has 22 nitrogen and oxygen atoms in total. The van der Waals surface area contributed by atoms with E-state index in [0.717, 1.165) is 213 Å². The van der Waals surface area contributed by atoms with Crippen LogP contribution in [0.2, 0.25) is 0 Å². The number of nitrogens with one attached hydrogen (secondary N) is 8. The number of halogens is 2. The summed E-state index contributed by atoms with van der Waals surface area (Å²) in [6.45, 7) is 2.00. The van der Waals surface area contributed by atoms with Crippen molar-refractivity contribution in [2.75, 3.05) is 40.5 Å². The molecule has 12 aromatic heterocycles. The third kappa shape index (κ3) is 18.9. The number of aromatic amines is 6. The molecule has 2 amide bonds. The first-order valence-corrected chi connectivity index (χ1v) is 42.5. The van der Waals surface area contributed by atoms with Gasteiger partial charge in [0.2, 0.25) is 11.8 Å². The molecule has 4 aliphatic heterocycles. The Hall–Kier alpha value is -16.0. The average Bonchev–Trinajstić information content (AvgIpc) is 1.62. The van der Waals surface area contributed by atoms with Crippen molar-refractivity contribution < 1.29 is 62.5 Å². The lowest BCUT2D eigenvalue weighted by Crippen LogP contribution is -3.00. The molecule has 0 saturated heterocycles. The number of carbonyl (C=O) groups is 2. The van der Waals surface area contributed by atoms with Crippen molar-refractivity contribution in [2.45, 2.75) is 25.7 Å². The van der Waals surface area contributed by atoms with E-state index in [9.17, 15) is 9.59 Å². The molecule has 0 saturated carbocycles. The zero-order valence-corrected chi connectivity index (χ0v) is 73.1. The summed E-state index contributed by atoms with van der Waals surface area (Å²) in [4.78, 5) is 76.1. The summed E-state index contributed by atoms with van der Waals surface area (Å²) in [5.41, 5.74) is 31.4. The van der Waals surface area contributed by atoms with Gasteiger partial charge in [-0.3, -0.25) is 19.6 Å². The Balaban J connectivity index is 0.000000180. The van der Waals surface area contributed by atoms with E-state index in [0.29, 0.717) is 52.0 Å². The summed E-state index contributed by atoms with van der Waals surface area (Å²) in [6, 6.07) is 69.8. The largest absolute Gasteiger partial charge is 1.00 e. The zero-order chi connectivity index (χ0) is 86.8. The van der Waals surface area contributed by atoms with Crippen LogP contribution in [-0.2, 0) is 36.5 Å².